The first kappa shape index (κ1) is 17.3. The molecule has 0 bridgehead atoms. The van der Waals surface area contributed by atoms with Gasteiger partial charge in [-0.1, -0.05) is 42.5 Å². The normalized spacial score (nSPS) is 12.7. The van der Waals surface area contributed by atoms with Crippen LogP contribution in [0.15, 0.2) is 64.4 Å². The van der Waals surface area contributed by atoms with Crippen molar-refractivity contribution in [3.63, 3.8) is 0 Å². The minimum absolute atomic E-state index is 0.141. The standard InChI is InChI=1S/C21H21N3O3/c1-14(25)10-24-19-13-23(12-18(19)20(26)22(2)21(24)27)11-16-8-5-7-15-6-3-4-9-17(15)16/h3-9,12-14,25H,10-11H2,1-2H3. The molecule has 4 aromatic rings. The number of fused-ring (bicyclic) bond motifs is 2. The number of aliphatic hydroxyl groups excluding tert-OH is 1. The van der Waals surface area contributed by atoms with Gasteiger partial charge < -0.3 is 9.67 Å². The van der Waals surface area contributed by atoms with Crippen molar-refractivity contribution in [2.45, 2.75) is 26.1 Å². The molecule has 138 valence electrons. The smallest absolute Gasteiger partial charge is 0.331 e. The Morgan fingerprint density at radius 1 is 1.00 bits per heavy atom. The molecule has 0 amide bonds. The highest BCUT2D eigenvalue weighted by molar-refractivity contribution is 5.85. The second-order valence-electron chi connectivity index (χ2n) is 6.97. The maximum Gasteiger partial charge on any atom is 0.331 e. The molecule has 6 heteroatoms. The van der Waals surface area contributed by atoms with E-state index in [0.29, 0.717) is 17.4 Å². The first-order chi connectivity index (χ1) is 13.0. The highest BCUT2D eigenvalue weighted by atomic mass is 16.3. The maximum absolute atomic E-state index is 12.5. The summed E-state index contributed by atoms with van der Waals surface area (Å²) in [5.74, 6) is 0. The molecule has 27 heavy (non-hydrogen) atoms. The molecule has 1 atom stereocenters. The Labute approximate surface area is 155 Å². The van der Waals surface area contributed by atoms with Crippen LogP contribution >= 0.6 is 0 Å². The predicted molar refractivity (Wildman–Crippen MR) is 106 cm³/mol. The number of nitrogens with zero attached hydrogens (tertiary/aromatic N) is 3. The van der Waals surface area contributed by atoms with Gasteiger partial charge in [0.15, 0.2) is 0 Å². The van der Waals surface area contributed by atoms with Gasteiger partial charge in [0, 0.05) is 26.0 Å². The first-order valence-corrected chi connectivity index (χ1v) is 8.89. The quantitative estimate of drug-likeness (QED) is 0.604. The van der Waals surface area contributed by atoms with E-state index in [2.05, 4.69) is 24.3 Å². The molecule has 1 N–H and O–H groups in total. The Kier molecular flexibility index (Phi) is 4.20. The van der Waals surface area contributed by atoms with Crippen molar-refractivity contribution in [3.8, 4) is 0 Å². The van der Waals surface area contributed by atoms with Crippen molar-refractivity contribution in [2.24, 2.45) is 7.05 Å². The number of benzene rings is 2. The summed E-state index contributed by atoms with van der Waals surface area (Å²) in [4.78, 5) is 25.0. The Morgan fingerprint density at radius 3 is 2.52 bits per heavy atom. The lowest BCUT2D eigenvalue weighted by atomic mass is 10.0. The van der Waals surface area contributed by atoms with Gasteiger partial charge in [0.05, 0.1) is 23.6 Å². The fourth-order valence-electron chi connectivity index (χ4n) is 3.59. The third-order valence-corrected chi connectivity index (χ3v) is 4.88. The second-order valence-corrected chi connectivity index (χ2v) is 6.97. The van der Waals surface area contributed by atoms with Gasteiger partial charge in [-0.2, -0.15) is 0 Å². The summed E-state index contributed by atoms with van der Waals surface area (Å²) in [5, 5.41) is 12.5. The molecule has 6 nitrogen and oxygen atoms in total. The third-order valence-electron chi connectivity index (χ3n) is 4.88. The molecular weight excluding hydrogens is 342 g/mol. The van der Waals surface area contributed by atoms with Crippen molar-refractivity contribution in [2.75, 3.05) is 0 Å². The summed E-state index contributed by atoms with van der Waals surface area (Å²) in [7, 11) is 1.46. The number of aliphatic hydroxyl groups is 1. The lowest BCUT2D eigenvalue weighted by Crippen LogP contribution is -2.39. The zero-order valence-electron chi connectivity index (χ0n) is 15.3. The molecule has 2 aromatic carbocycles. The third kappa shape index (κ3) is 2.98. The van der Waals surface area contributed by atoms with Crippen LogP contribution in [0.1, 0.15) is 12.5 Å². The topological polar surface area (TPSA) is 69.2 Å². The monoisotopic (exact) mass is 363 g/mol. The van der Waals surface area contributed by atoms with Crippen molar-refractivity contribution in [3.05, 3.63) is 81.3 Å². The van der Waals surface area contributed by atoms with Crippen molar-refractivity contribution in [1.82, 2.24) is 13.7 Å². The molecule has 2 aromatic heterocycles. The number of aromatic nitrogens is 3. The van der Waals surface area contributed by atoms with E-state index in [0.717, 1.165) is 20.9 Å². The van der Waals surface area contributed by atoms with Gasteiger partial charge in [0.1, 0.15) is 0 Å². The van der Waals surface area contributed by atoms with E-state index in [1.54, 1.807) is 13.1 Å². The van der Waals surface area contributed by atoms with E-state index in [9.17, 15) is 14.7 Å². The van der Waals surface area contributed by atoms with Gasteiger partial charge in [0.2, 0.25) is 0 Å². The van der Waals surface area contributed by atoms with Crippen LogP contribution in [0, 0.1) is 0 Å². The number of hydrogen-bond donors (Lipinski definition) is 1. The summed E-state index contributed by atoms with van der Waals surface area (Å²) < 4.78 is 4.47. The molecule has 0 aliphatic rings. The zero-order chi connectivity index (χ0) is 19.1. The van der Waals surface area contributed by atoms with Crippen molar-refractivity contribution >= 4 is 21.7 Å². The van der Waals surface area contributed by atoms with Crippen LogP contribution in [0.5, 0.6) is 0 Å². The van der Waals surface area contributed by atoms with Gasteiger partial charge in [-0.3, -0.25) is 13.9 Å². The average Bonchev–Trinajstić information content (AvgIpc) is 3.07. The Balaban J connectivity index is 1.87. The Bertz CT molecular complexity index is 1260. The van der Waals surface area contributed by atoms with Crippen LogP contribution in [0.3, 0.4) is 0 Å². The molecule has 0 radical (unpaired) electrons. The molecule has 1 unspecified atom stereocenters. The number of rotatable bonds is 4. The molecular formula is C21H21N3O3. The Morgan fingerprint density at radius 2 is 1.74 bits per heavy atom. The van der Waals surface area contributed by atoms with Gasteiger partial charge >= 0.3 is 5.69 Å². The molecule has 0 spiro atoms. The van der Waals surface area contributed by atoms with E-state index in [1.165, 1.54) is 11.6 Å². The molecule has 0 aliphatic carbocycles. The molecule has 4 rings (SSSR count). The van der Waals surface area contributed by atoms with Gasteiger partial charge in [-0.15, -0.1) is 0 Å². The van der Waals surface area contributed by atoms with Gasteiger partial charge in [-0.05, 0) is 23.3 Å². The van der Waals surface area contributed by atoms with E-state index >= 15 is 0 Å². The van der Waals surface area contributed by atoms with Crippen molar-refractivity contribution < 1.29 is 5.11 Å². The predicted octanol–water partition coefficient (Wildman–Crippen LogP) is 2.08. The van der Waals surface area contributed by atoms with E-state index in [4.69, 9.17) is 0 Å². The highest BCUT2D eigenvalue weighted by Crippen LogP contribution is 2.20. The maximum atomic E-state index is 12.5. The largest absolute Gasteiger partial charge is 0.392 e. The van der Waals surface area contributed by atoms with Crippen LogP contribution in [-0.2, 0) is 20.1 Å². The zero-order valence-corrected chi connectivity index (χ0v) is 15.3. The summed E-state index contributed by atoms with van der Waals surface area (Å²) in [5.41, 5.74) is 0.934. The Hall–Kier alpha value is -3.12. The van der Waals surface area contributed by atoms with Gasteiger partial charge in [0.25, 0.3) is 5.56 Å². The lowest BCUT2D eigenvalue weighted by Gasteiger charge is -2.11. The molecule has 0 fully saturated rings. The fraction of sp³-hybridized carbons (Fsp3) is 0.238. The molecule has 0 saturated carbocycles. The summed E-state index contributed by atoms with van der Waals surface area (Å²) in [6.45, 7) is 2.35. The van der Waals surface area contributed by atoms with E-state index in [1.807, 2.05) is 29.0 Å². The minimum atomic E-state index is -0.690. The van der Waals surface area contributed by atoms with Crippen LogP contribution in [0.4, 0.5) is 0 Å². The molecule has 0 saturated heterocycles. The lowest BCUT2D eigenvalue weighted by molar-refractivity contribution is 0.172. The van der Waals surface area contributed by atoms with Gasteiger partial charge in [-0.25, -0.2) is 4.79 Å². The average molecular weight is 363 g/mol. The van der Waals surface area contributed by atoms with Crippen LogP contribution in [0.25, 0.3) is 21.7 Å². The van der Waals surface area contributed by atoms with Crippen LogP contribution in [0.2, 0.25) is 0 Å². The fourth-order valence-corrected chi connectivity index (χ4v) is 3.59. The van der Waals surface area contributed by atoms with E-state index in [-0.39, 0.29) is 12.1 Å². The second kappa shape index (κ2) is 6.55. The highest BCUT2D eigenvalue weighted by Gasteiger charge is 2.15. The first-order valence-electron chi connectivity index (χ1n) is 8.89. The van der Waals surface area contributed by atoms with Crippen molar-refractivity contribution in [1.29, 1.82) is 0 Å². The minimum Gasteiger partial charge on any atom is -0.392 e. The summed E-state index contributed by atoms with van der Waals surface area (Å²) >= 11 is 0. The number of hydrogen-bond acceptors (Lipinski definition) is 3. The van der Waals surface area contributed by atoms with E-state index < -0.39 is 11.8 Å². The van der Waals surface area contributed by atoms with Crippen LogP contribution in [-0.4, -0.2) is 24.9 Å². The molecule has 2 heterocycles. The summed E-state index contributed by atoms with van der Waals surface area (Å²) in [6, 6.07) is 14.3. The SMILES string of the molecule is CC(O)Cn1c(=O)n(C)c(=O)c2cn(Cc3cccc4ccccc34)cc21. The molecule has 0 aliphatic heterocycles. The van der Waals surface area contributed by atoms with Crippen LogP contribution < -0.4 is 11.2 Å². The summed E-state index contributed by atoms with van der Waals surface area (Å²) in [6.07, 6.45) is 2.89.